The highest BCUT2D eigenvalue weighted by Crippen LogP contribution is 2.21. The Morgan fingerprint density at radius 3 is 2.85 bits per heavy atom. The highest BCUT2D eigenvalue weighted by Gasteiger charge is 2.30. The summed E-state index contributed by atoms with van der Waals surface area (Å²) < 4.78 is 0. The normalized spacial score (nSPS) is 18.8. The standard InChI is InChI=1S/C16H18N2O2/c19-15-11-13-3-1-2-4-14(13)16(20)18(15)10-7-12-5-8-17-9-6-12/h1-5,17H,6-11H2. The summed E-state index contributed by atoms with van der Waals surface area (Å²) >= 11 is 0. The minimum absolute atomic E-state index is 0.0803. The topological polar surface area (TPSA) is 49.4 Å². The lowest BCUT2D eigenvalue weighted by Crippen LogP contribution is -2.43. The van der Waals surface area contributed by atoms with E-state index in [4.69, 9.17) is 0 Å². The van der Waals surface area contributed by atoms with Crippen LogP contribution in [0.4, 0.5) is 0 Å². The second-order valence-corrected chi connectivity index (χ2v) is 5.25. The van der Waals surface area contributed by atoms with Gasteiger partial charge in [-0.1, -0.05) is 29.8 Å². The molecule has 0 unspecified atom stereocenters. The summed E-state index contributed by atoms with van der Waals surface area (Å²) in [4.78, 5) is 25.9. The van der Waals surface area contributed by atoms with E-state index in [1.54, 1.807) is 6.07 Å². The first kappa shape index (κ1) is 13.1. The first-order valence-corrected chi connectivity index (χ1v) is 7.07. The maximum Gasteiger partial charge on any atom is 0.260 e. The molecule has 0 spiro atoms. The summed E-state index contributed by atoms with van der Waals surface area (Å²) in [5.74, 6) is -0.227. The number of imide groups is 1. The third kappa shape index (κ3) is 2.51. The Bertz CT molecular complexity index is 578. The zero-order chi connectivity index (χ0) is 13.9. The quantitative estimate of drug-likeness (QED) is 0.669. The molecule has 2 heterocycles. The Morgan fingerprint density at radius 1 is 1.20 bits per heavy atom. The highest BCUT2D eigenvalue weighted by molar-refractivity contribution is 6.09. The number of hydrogen-bond acceptors (Lipinski definition) is 3. The van der Waals surface area contributed by atoms with Gasteiger partial charge in [-0.3, -0.25) is 14.5 Å². The van der Waals surface area contributed by atoms with Crippen LogP contribution in [-0.2, 0) is 11.2 Å². The molecule has 2 amide bonds. The molecule has 0 fully saturated rings. The van der Waals surface area contributed by atoms with E-state index in [2.05, 4.69) is 11.4 Å². The molecular weight excluding hydrogens is 252 g/mol. The lowest BCUT2D eigenvalue weighted by molar-refractivity contribution is -0.128. The van der Waals surface area contributed by atoms with Crippen molar-refractivity contribution in [1.29, 1.82) is 0 Å². The number of fused-ring (bicyclic) bond motifs is 1. The van der Waals surface area contributed by atoms with Gasteiger partial charge in [0.2, 0.25) is 5.91 Å². The van der Waals surface area contributed by atoms with Crippen molar-refractivity contribution in [2.45, 2.75) is 19.3 Å². The maximum atomic E-state index is 12.4. The molecule has 0 saturated heterocycles. The Kier molecular flexibility index (Phi) is 3.65. The van der Waals surface area contributed by atoms with Crippen molar-refractivity contribution in [2.24, 2.45) is 0 Å². The van der Waals surface area contributed by atoms with Crippen molar-refractivity contribution >= 4 is 11.8 Å². The fraction of sp³-hybridized carbons (Fsp3) is 0.375. The smallest absolute Gasteiger partial charge is 0.260 e. The van der Waals surface area contributed by atoms with E-state index >= 15 is 0 Å². The van der Waals surface area contributed by atoms with Crippen LogP contribution in [-0.4, -0.2) is 36.3 Å². The van der Waals surface area contributed by atoms with Crippen molar-refractivity contribution in [3.63, 3.8) is 0 Å². The Morgan fingerprint density at radius 2 is 2.05 bits per heavy atom. The lowest BCUT2D eigenvalue weighted by atomic mass is 9.97. The van der Waals surface area contributed by atoms with E-state index < -0.39 is 0 Å². The fourth-order valence-electron chi connectivity index (χ4n) is 2.78. The van der Waals surface area contributed by atoms with Crippen molar-refractivity contribution in [3.05, 3.63) is 47.0 Å². The van der Waals surface area contributed by atoms with Gasteiger partial charge >= 0.3 is 0 Å². The van der Waals surface area contributed by atoms with Gasteiger partial charge in [0.15, 0.2) is 0 Å². The first-order valence-electron chi connectivity index (χ1n) is 7.07. The minimum Gasteiger partial charge on any atom is -0.313 e. The molecule has 4 nitrogen and oxygen atoms in total. The molecule has 1 aromatic carbocycles. The molecule has 20 heavy (non-hydrogen) atoms. The predicted octanol–water partition coefficient (Wildman–Crippen LogP) is 1.52. The summed E-state index contributed by atoms with van der Waals surface area (Å²) in [6.07, 6.45) is 4.30. The summed E-state index contributed by atoms with van der Waals surface area (Å²) in [6.45, 7) is 2.37. The van der Waals surface area contributed by atoms with E-state index in [1.807, 2.05) is 18.2 Å². The van der Waals surface area contributed by atoms with E-state index in [0.717, 1.165) is 31.5 Å². The molecule has 3 rings (SSSR count). The lowest BCUT2D eigenvalue weighted by Gasteiger charge is -2.27. The van der Waals surface area contributed by atoms with Crippen LogP contribution in [0.1, 0.15) is 28.8 Å². The summed E-state index contributed by atoms with van der Waals surface area (Å²) in [5.41, 5.74) is 2.86. The second-order valence-electron chi connectivity index (χ2n) is 5.25. The molecule has 0 radical (unpaired) electrons. The first-order chi connectivity index (χ1) is 9.75. The van der Waals surface area contributed by atoms with Gasteiger partial charge in [0.05, 0.1) is 6.42 Å². The zero-order valence-electron chi connectivity index (χ0n) is 11.4. The summed E-state index contributed by atoms with van der Waals surface area (Å²) in [7, 11) is 0. The molecule has 0 aliphatic carbocycles. The maximum absolute atomic E-state index is 12.4. The van der Waals surface area contributed by atoms with Gasteiger partial charge in [-0.05, 0) is 31.0 Å². The Labute approximate surface area is 118 Å². The molecule has 1 aromatic rings. The van der Waals surface area contributed by atoms with Gasteiger partial charge in [0.1, 0.15) is 0 Å². The molecule has 0 saturated carbocycles. The molecule has 2 aliphatic heterocycles. The van der Waals surface area contributed by atoms with Crippen molar-refractivity contribution < 1.29 is 9.59 Å². The third-order valence-corrected chi connectivity index (χ3v) is 3.95. The van der Waals surface area contributed by atoms with E-state index in [-0.39, 0.29) is 11.8 Å². The Hall–Kier alpha value is -1.94. The number of rotatable bonds is 3. The van der Waals surface area contributed by atoms with Crippen LogP contribution in [0.25, 0.3) is 0 Å². The zero-order valence-corrected chi connectivity index (χ0v) is 11.4. The fourth-order valence-corrected chi connectivity index (χ4v) is 2.78. The molecular formula is C16H18N2O2. The van der Waals surface area contributed by atoms with Crippen LogP contribution in [0.5, 0.6) is 0 Å². The van der Waals surface area contributed by atoms with Gasteiger partial charge in [0.25, 0.3) is 5.91 Å². The van der Waals surface area contributed by atoms with Crippen molar-refractivity contribution in [3.8, 4) is 0 Å². The van der Waals surface area contributed by atoms with Gasteiger partial charge in [-0.25, -0.2) is 0 Å². The third-order valence-electron chi connectivity index (χ3n) is 3.95. The van der Waals surface area contributed by atoms with Crippen LogP contribution in [0.15, 0.2) is 35.9 Å². The number of amides is 2. The number of carbonyl (C=O) groups excluding carboxylic acids is 2. The second kappa shape index (κ2) is 5.59. The SMILES string of the molecule is O=C1Cc2ccccc2C(=O)N1CCC1=CCNCC1. The average molecular weight is 270 g/mol. The van der Waals surface area contributed by atoms with Gasteiger partial charge in [-0.2, -0.15) is 0 Å². The van der Waals surface area contributed by atoms with Crippen LogP contribution in [0.2, 0.25) is 0 Å². The molecule has 4 heteroatoms. The molecule has 1 N–H and O–H groups in total. The van der Waals surface area contributed by atoms with Crippen LogP contribution in [0.3, 0.4) is 0 Å². The molecule has 2 aliphatic rings. The number of hydrogen-bond donors (Lipinski definition) is 1. The van der Waals surface area contributed by atoms with Crippen molar-refractivity contribution in [1.82, 2.24) is 10.2 Å². The number of nitrogens with zero attached hydrogens (tertiary/aromatic N) is 1. The van der Waals surface area contributed by atoms with Gasteiger partial charge in [-0.15, -0.1) is 0 Å². The summed E-state index contributed by atoms with van der Waals surface area (Å²) in [5, 5.41) is 3.26. The number of nitrogens with one attached hydrogen (secondary N) is 1. The summed E-state index contributed by atoms with van der Waals surface area (Å²) in [6, 6.07) is 7.38. The number of carbonyl (C=O) groups is 2. The van der Waals surface area contributed by atoms with Crippen LogP contribution >= 0.6 is 0 Å². The minimum atomic E-state index is -0.147. The van der Waals surface area contributed by atoms with Crippen molar-refractivity contribution in [2.75, 3.05) is 19.6 Å². The van der Waals surface area contributed by atoms with Gasteiger partial charge < -0.3 is 5.32 Å². The molecule has 104 valence electrons. The van der Waals surface area contributed by atoms with E-state index in [9.17, 15) is 9.59 Å². The average Bonchev–Trinajstić information content (AvgIpc) is 2.48. The number of benzene rings is 1. The van der Waals surface area contributed by atoms with Crippen LogP contribution in [0, 0.1) is 0 Å². The van der Waals surface area contributed by atoms with Crippen LogP contribution < -0.4 is 5.32 Å². The monoisotopic (exact) mass is 270 g/mol. The molecule has 0 atom stereocenters. The predicted molar refractivity (Wildman–Crippen MR) is 76.4 cm³/mol. The Balaban J connectivity index is 1.72. The molecule has 0 bridgehead atoms. The van der Waals surface area contributed by atoms with Gasteiger partial charge in [0, 0.05) is 18.7 Å². The molecule has 0 aromatic heterocycles. The van der Waals surface area contributed by atoms with E-state index in [1.165, 1.54) is 10.5 Å². The highest BCUT2D eigenvalue weighted by atomic mass is 16.2. The largest absolute Gasteiger partial charge is 0.313 e. The van der Waals surface area contributed by atoms with E-state index in [0.29, 0.717) is 18.5 Å².